The summed E-state index contributed by atoms with van der Waals surface area (Å²) in [7, 11) is 0. The molecule has 2 heteroatoms. The molecule has 0 N–H and O–H groups in total. The Labute approximate surface area is 102 Å². The SMILES string of the molecule is C=C1CCc2c1sc1c2sc2ccccc21. The molecule has 0 nitrogen and oxygen atoms in total. The Hall–Kier alpha value is -1.12. The van der Waals surface area contributed by atoms with Gasteiger partial charge in [0.15, 0.2) is 0 Å². The first-order valence-electron chi connectivity index (χ1n) is 5.45. The van der Waals surface area contributed by atoms with Crippen molar-refractivity contribution in [2.24, 2.45) is 0 Å². The van der Waals surface area contributed by atoms with Gasteiger partial charge < -0.3 is 0 Å². The van der Waals surface area contributed by atoms with E-state index < -0.39 is 0 Å². The van der Waals surface area contributed by atoms with E-state index in [0.29, 0.717) is 0 Å². The maximum atomic E-state index is 4.17. The average Bonchev–Trinajstić information content (AvgIpc) is 2.91. The number of allylic oxidation sites excluding steroid dienone is 1. The van der Waals surface area contributed by atoms with Crippen molar-refractivity contribution in [1.29, 1.82) is 0 Å². The van der Waals surface area contributed by atoms with E-state index in [1.165, 1.54) is 36.4 Å². The fraction of sp³-hybridized carbons (Fsp3) is 0.143. The van der Waals surface area contributed by atoms with Crippen molar-refractivity contribution >= 4 is 47.7 Å². The first-order chi connectivity index (χ1) is 7.84. The second-order valence-electron chi connectivity index (χ2n) is 4.27. The van der Waals surface area contributed by atoms with Crippen LogP contribution in [-0.2, 0) is 6.42 Å². The minimum atomic E-state index is 1.16. The highest BCUT2D eigenvalue weighted by molar-refractivity contribution is 7.33. The van der Waals surface area contributed by atoms with E-state index >= 15 is 0 Å². The van der Waals surface area contributed by atoms with Gasteiger partial charge >= 0.3 is 0 Å². The molecular weight excluding hydrogens is 232 g/mol. The van der Waals surface area contributed by atoms with Crippen LogP contribution in [-0.4, -0.2) is 0 Å². The van der Waals surface area contributed by atoms with Crippen molar-refractivity contribution in [3.8, 4) is 0 Å². The second-order valence-corrected chi connectivity index (χ2v) is 6.34. The number of hydrogen-bond acceptors (Lipinski definition) is 2. The van der Waals surface area contributed by atoms with E-state index in [2.05, 4.69) is 30.8 Å². The predicted octanol–water partition coefficient (Wildman–Crippen LogP) is 5.08. The Morgan fingerprint density at radius 2 is 1.88 bits per heavy atom. The highest BCUT2D eigenvalue weighted by Crippen LogP contribution is 2.48. The van der Waals surface area contributed by atoms with Crippen molar-refractivity contribution < 1.29 is 0 Å². The van der Waals surface area contributed by atoms with Gasteiger partial charge in [-0.05, 0) is 30.0 Å². The molecule has 0 fully saturated rings. The molecule has 0 saturated carbocycles. The Bertz CT molecular complexity index is 728. The van der Waals surface area contributed by atoms with E-state index in [9.17, 15) is 0 Å². The standard InChI is InChI=1S/C14H10S2/c1-8-6-7-10-12(8)16-13-9-4-2-3-5-11(9)15-14(10)13/h2-5H,1,6-7H2. The highest BCUT2D eigenvalue weighted by atomic mass is 32.1. The average molecular weight is 242 g/mol. The van der Waals surface area contributed by atoms with E-state index in [4.69, 9.17) is 0 Å². The third-order valence-corrected chi connectivity index (χ3v) is 6.03. The zero-order valence-corrected chi connectivity index (χ0v) is 10.4. The summed E-state index contributed by atoms with van der Waals surface area (Å²) in [5.41, 5.74) is 2.90. The topological polar surface area (TPSA) is 0 Å². The molecule has 1 aromatic carbocycles. The van der Waals surface area contributed by atoms with Gasteiger partial charge in [0.05, 0.1) is 9.40 Å². The monoisotopic (exact) mass is 242 g/mol. The van der Waals surface area contributed by atoms with Gasteiger partial charge in [-0.1, -0.05) is 24.8 Å². The summed E-state index contributed by atoms with van der Waals surface area (Å²) in [6.07, 6.45) is 2.35. The Morgan fingerprint density at radius 3 is 2.81 bits per heavy atom. The van der Waals surface area contributed by atoms with E-state index in [-0.39, 0.29) is 0 Å². The molecule has 4 rings (SSSR count). The highest BCUT2D eigenvalue weighted by Gasteiger charge is 2.22. The summed E-state index contributed by atoms with van der Waals surface area (Å²) in [5.74, 6) is 0. The van der Waals surface area contributed by atoms with Crippen LogP contribution in [0.3, 0.4) is 0 Å². The first-order valence-corrected chi connectivity index (χ1v) is 7.09. The molecule has 78 valence electrons. The van der Waals surface area contributed by atoms with Crippen LogP contribution in [0.4, 0.5) is 0 Å². The second kappa shape index (κ2) is 2.96. The number of fused-ring (bicyclic) bond motifs is 5. The van der Waals surface area contributed by atoms with Gasteiger partial charge in [0.1, 0.15) is 0 Å². The number of rotatable bonds is 0. The van der Waals surface area contributed by atoms with Crippen molar-refractivity contribution in [3.63, 3.8) is 0 Å². The van der Waals surface area contributed by atoms with Gasteiger partial charge in [-0.25, -0.2) is 0 Å². The van der Waals surface area contributed by atoms with Crippen LogP contribution < -0.4 is 0 Å². The largest absolute Gasteiger partial charge is 0.134 e. The predicted molar refractivity (Wildman–Crippen MR) is 74.6 cm³/mol. The van der Waals surface area contributed by atoms with Crippen molar-refractivity contribution in [3.05, 3.63) is 41.3 Å². The number of benzene rings is 1. The van der Waals surface area contributed by atoms with E-state index in [1.54, 1.807) is 5.56 Å². The Kier molecular flexibility index (Phi) is 1.66. The van der Waals surface area contributed by atoms with Crippen molar-refractivity contribution in [2.75, 3.05) is 0 Å². The molecule has 2 heterocycles. The van der Waals surface area contributed by atoms with Crippen LogP contribution in [0, 0.1) is 0 Å². The number of aryl methyl sites for hydroxylation is 1. The summed E-state index contributed by atoms with van der Waals surface area (Å²) < 4.78 is 4.41. The quantitative estimate of drug-likeness (QED) is 0.516. The molecule has 0 atom stereocenters. The minimum Gasteiger partial charge on any atom is -0.134 e. The number of hydrogen-bond donors (Lipinski definition) is 0. The molecule has 1 aliphatic rings. The molecule has 0 bridgehead atoms. The molecule has 3 aromatic rings. The number of thiophene rings is 2. The molecule has 0 spiro atoms. The van der Waals surface area contributed by atoms with Crippen molar-refractivity contribution in [2.45, 2.75) is 12.8 Å². The van der Waals surface area contributed by atoms with Crippen LogP contribution in [0.5, 0.6) is 0 Å². The molecule has 0 saturated heterocycles. The summed E-state index contributed by atoms with van der Waals surface area (Å²) in [6, 6.07) is 8.72. The molecule has 1 aliphatic carbocycles. The molecular formula is C14H10S2. The lowest BCUT2D eigenvalue weighted by Crippen LogP contribution is -1.69. The van der Waals surface area contributed by atoms with Crippen LogP contribution in [0.1, 0.15) is 16.9 Å². The Balaban J connectivity index is 2.22. The summed E-state index contributed by atoms with van der Waals surface area (Å²) in [4.78, 5) is 1.46. The van der Waals surface area contributed by atoms with Crippen LogP contribution >= 0.6 is 22.7 Å². The minimum absolute atomic E-state index is 1.16. The normalized spacial score (nSPS) is 15.1. The van der Waals surface area contributed by atoms with Crippen LogP contribution in [0.25, 0.3) is 25.1 Å². The van der Waals surface area contributed by atoms with Crippen LogP contribution in [0.2, 0.25) is 0 Å². The zero-order valence-electron chi connectivity index (χ0n) is 8.75. The van der Waals surface area contributed by atoms with Gasteiger partial charge in [0, 0.05) is 15.0 Å². The first kappa shape index (κ1) is 8.97. The van der Waals surface area contributed by atoms with Gasteiger partial charge in [0.2, 0.25) is 0 Å². The summed E-state index contributed by atoms with van der Waals surface area (Å²) >= 11 is 3.89. The molecule has 16 heavy (non-hydrogen) atoms. The lowest BCUT2D eigenvalue weighted by molar-refractivity contribution is 1.10. The van der Waals surface area contributed by atoms with Gasteiger partial charge in [-0.15, -0.1) is 22.7 Å². The van der Waals surface area contributed by atoms with Crippen LogP contribution in [0.15, 0.2) is 30.8 Å². The lowest BCUT2D eigenvalue weighted by Gasteiger charge is -1.90. The fourth-order valence-corrected chi connectivity index (χ4v) is 5.33. The molecule has 0 radical (unpaired) electrons. The third kappa shape index (κ3) is 0.989. The summed E-state index contributed by atoms with van der Waals surface area (Å²) in [5, 5.41) is 1.43. The van der Waals surface area contributed by atoms with Crippen molar-refractivity contribution in [1.82, 2.24) is 0 Å². The zero-order chi connectivity index (χ0) is 10.7. The smallest absolute Gasteiger partial charge is 0.0538 e. The van der Waals surface area contributed by atoms with Gasteiger partial charge in [0.25, 0.3) is 0 Å². The third-order valence-electron chi connectivity index (χ3n) is 3.30. The van der Waals surface area contributed by atoms with Gasteiger partial charge in [-0.2, -0.15) is 0 Å². The molecule has 0 unspecified atom stereocenters. The molecule has 0 aliphatic heterocycles. The fourth-order valence-electron chi connectivity index (χ4n) is 2.49. The lowest BCUT2D eigenvalue weighted by atomic mass is 10.2. The maximum Gasteiger partial charge on any atom is 0.0538 e. The molecule has 2 aromatic heterocycles. The molecule has 0 amide bonds. The van der Waals surface area contributed by atoms with E-state index in [1.807, 2.05) is 22.7 Å². The summed E-state index contributed by atoms with van der Waals surface area (Å²) in [6.45, 7) is 4.17. The van der Waals surface area contributed by atoms with E-state index in [0.717, 1.165) is 6.42 Å². The van der Waals surface area contributed by atoms with Gasteiger partial charge in [-0.3, -0.25) is 0 Å². The maximum absolute atomic E-state index is 4.17. The Morgan fingerprint density at radius 1 is 1.00 bits per heavy atom.